The fraction of sp³-hybridized carbons (Fsp3) is 0.396. The summed E-state index contributed by atoms with van der Waals surface area (Å²) in [6, 6.07) is 17.6. The summed E-state index contributed by atoms with van der Waals surface area (Å²) in [6.45, 7) is 4.98. The van der Waals surface area contributed by atoms with Gasteiger partial charge in [-0.05, 0) is 81.4 Å². The lowest BCUT2D eigenvalue weighted by Crippen LogP contribution is -2.52. The van der Waals surface area contributed by atoms with Crippen molar-refractivity contribution < 1.29 is 76.9 Å². The molecular weight excluding hydrogens is 1030 g/mol. The summed E-state index contributed by atoms with van der Waals surface area (Å²) < 4.78 is 122. The number of carbonyl (C=O) groups is 3. The second kappa shape index (κ2) is 23.4. The molecule has 0 radical (unpaired) electrons. The van der Waals surface area contributed by atoms with Crippen molar-refractivity contribution in [3.63, 3.8) is 0 Å². The van der Waals surface area contributed by atoms with Crippen LogP contribution in [0.4, 0.5) is 11.4 Å². The van der Waals surface area contributed by atoms with Gasteiger partial charge >= 0.3 is 5.97 Å². The molecule has 1 atom stereocenters. The zero-order valence-electron chi connectivity index (χ0n) is 42.1. The quantitative estimate of drug-likeness (QED) is 0.0344. The molecule has 4 aliphatic heterocycles. The molecule has 7 rings (SSSR count). The predicted molar refractivity (Wildman–Crippen MR) is 281 cm³/mol. The van der Waals surface area contributed by atoms with Crippen molar-refractivity contribution in [3.8, 4) is 5.75 Å². The zero-order chi connectivity index (χ0) is 54.3. The van der Waals surface area contributed by atoms with Gasteiger partial charge in [0.25, 0.3) is 42.2 Å². The van der Waals surface area contributed by atoms with Gasteiger partial charge in [0.15, 0.2) is 5.71 Å². The van der Waals surface area contributed by atoms with E-state index in [1.807, 2.05) is 74.5 Å². The molecule has 2 amide bonds. The molecule has 4 heterocycles. The molecule has 0 spiro atoms. The Kier molecular flexibility index (Phi) is 17.7. The number of hydrogen-bond acceptors (Lipinski definition) is 14. The number of ether oxygens (including phenoxy) is 3. The average molecular weight is 1090 g/mol. The highest BCUT2D eigenvalue weighted by atomic mass is 32.2. The first kappa shape index (κ1) is 56.6. The fourth-order valence-corrected chi connectivity index (χ4v) is 11.7. The number of fused-ring (bicyclic) bond motifs is 3. The second-order valence-electron chi connectivity index (χ2n) is 19.0. The number of amides is 2. The van der Waals surface area contributed by atoms with Crippen molar-refractivity contribution in [2.45, 2.75) is 87.5 Å². The number of carbonyl (C=O) groups excluding carboxylic acids is 3. The van der Waals surface area contributed by atoms with Crippen molar-refractivity contribution in [1.29, 1.82) is 0 Å². The van der Waals surface area contributed by atoms with Crippen LogP contribution in [0.1, 0.15) is 93.9 Å². The van der Waals surface area contributed by atoms with Gasteiger partial charge in [0, 0.05) is 106 Å². The molecule has 0 bridgehead atoms. The number of allylic oxidation sites excluding steroid dienone is 8. The van der Waals surface area contributed by atoms with E-state index in [0.29, 0.717) is 59.6 Å². The first-order chi connectivity index (χ1) is 35.5. The van der Waals surface area contributed by atoms with E-state index in [0.717, 1.165) is 33.5 Å². The van der Waals surface area contributed by atoms with Crippen LogP contribution in [0.15, 0.2) is 108 Å². The molecule has 0 aliphatic carbocycles. The number of anilines is 1. The van der Waals surface area contributed by atoms with E-state index >= 15 is 0 Å². The van der Waals surface area contributed by atoms with E-state index < -0.39 is 70.6 Å². The Morgan fingerprint density at radius 3 is 2.12 bits per heavy atom. The zero-order valence-corrected chi connectivity index (χ0v) is 44.6. The monoisotopic (exact) mass is 1090 g/mol. The number of imide groups is 1. The van der Waals surface area contributed by atoms with Gasteiger partial charge in [-0.25, -0.2) is 4.79 Å². The standard InChI is InChI=1S/C53H61N3O16S3/c1-37-36-53(24-28-69-3,25-29-70-4)55(27-13-31-74(63,64)65)45-35-47-42(34-41(37)45)39(32-46(71-47)38-14-7-5-8-15-38)16-9-6-10-17-48-52(2,23-11-18-51(59)72-56-49(57)21-22-50(56)58)43-33-40(75(66,67)68)19-20-44(43)54(48)26-12-30-73(60,61)62/h5-10,14-17,19-20,32-36H,11-13,18,21-31H2,1-4H3,(H2-,60,61,62,63,64,65,66,67,68)/p+1. The van der Waals surface area contributed by atoms with Gasteiger partial charge in [0.05, 0.1) is 27.4 Å². The third kappa shape index (κ3) is 13.5. The molecule has 1 unspecified atom stereocenters. The predicted octanol–water partition coefficient (Wildman–Crippen LogP) is 7.29. The number of rotatable bonds is 24. The molecule has 4 aliphatic rings. The average Bonchev–Trinajstić information content (AvgIpc) is 3.78. The van der Waals surface area contributed by atoms with Crippen molar-refractivity contribution in [3.05, 3.63) is 125 Å². The first-order valence-electron chi connectivity index (χ1n) is 24.3. The van der Waals surface area contributed by atoms with Crippen LogP contribution in [-0.2, 0) is 64.5 Å². The number of hydroxylamine groups is 2. The molecule has 19 nitrogen and oxygen atoms in total. The second-order valence-corrected chi connectivity index (χ2v) is 23.5. The number of benzene rings is 3. The largest absolute Gasteiger partial charge is 0.456 e. The molecule has 1 saturated heterocycles. The Labute approximate surface area is 437 Å². The maximum Gasteiger partial charge on any atom is 0.333 e. The van der Waals surface area contributed by atoms with Gasteiger partial charge in [0.1, 0.15) is 18.1 Å². The summed E-state index contributed by atoms with van der Waals surface area (Å²) in [7, 11) is -10.1. The normalized spacial score (nSPS) is 19.2. The topological polar surface area (TPSA) is 261 Å². The minimum Gasteiger partial charge on any atom is -0.456 e. The van der Waals surface area contributed by atoms with Crippen LogP contribution in [0.25, 0.3) is 16.9 Å². The summed E-state index contributed by atoms with van der Waals surface area (Å²) in [4.78, 5) is 44.1. The lowest BCUT2D eigenvalue weighted by atomic mass is 9.75. The van der Waals surface area contributed by atoms with Crippen LogP contribution in [0.3, 0.4) is 0 Å². The summed E-state index contributed by atoms with van der Waals surface area (Å²) >= 11 is 0. The van der Waals surface area contributed by atoms with E-state index in [-0.39, 0.29) is 62.9 Å². The third-order valence-corrected chi connectivity index (χ3v) is 16.2. The fourth-order valence-electron chi connectivity index (χ4n) is 10.2. The third-order valence-electron chi connectivity index (χ3n) is 13.8. The van der Waals surface area contributed by atoms with Crippen molar-refractivity contribution in [2.24, 2.45) is 0 Å². The van der Waals surface area contributed by atoms with Crippen molar-refractivity contribution in [2.75, 3.05) is 56.9 Å². The molecule has 22 heteroatoms. The highest BCUT2D eigenvalue weighted by Crippen LogP contribution is 2.49. The maximum absolute atomic E-state index is 12.9. The molecule has 3 aromatic carbocycles. The molecule has 1 fully saturated rings. The van der Waals surface area contributed by atoms with Gasteiger partial charge < -0.3 is 23.9 Å². The van der Waals surface area contributed by atoms with E-state index in [1.54, 1.807) is 37.0 Å². The van der Waals surface area contributed by atoms with E-state index in [4.69, 9.17) is 19.0 Å². The van der Waals surface area contributed by atoms with Gasteiger partial charge in [-0.2, -0.15) is 29.8 Å². The summed E-state index contributed by atoms with van der Waals surface area (Å²) in [5.74, 6) is -2.00. The van der Waals surface area contributed by atoms with Crippen LogP contribution in [-0.4, -0.2) is 130 Å². The van der Waals surface area contributed by atoms with Crippen molar-refractivity contribution >= 4 is 82.1 Å². The molecule has 0 aromatic heterocycles. The van der Waals surface area contributed by atoms with Crippen LogP contribution in [0.5, 0.6) is 5.75 Å². The van der Waals surface area contributed by atoms with Gasteiger partial charge in [-0.3, -0.25) is 23.2 Å². The van der Waals surface area contributed by atoms with Crippen LogP contribution in [0, 0.1) is 0 Å². The molecule has 3 N–H and O–H groups in total. The minimum absolute atomic E-state index is 0.0303. The van der Waals surface area contributed by atoms with Gasteiger partial charge in [0.2, 0.25) is 5.69 Å². The Hall–Kier alpha value is -6.11. The van der Waals surface area contributed by atoms with E-state index in [2.05, 4.69) is 11.0 Å². The number of methoxy groups -OCH3 is 2. The molecule has 75 heavy (non-hydrogen) atoms. The van der Waals surface area contributed by atoms with Crippen LogP contribution < -0.4 is 9.64 Å². The summed E-state index contributed by atoms with van der Waals surface area (Å²) in [5.41, 5.74) is 4.80. The van der Waals surface area contributed by atoms with E-state index in [9.17, 15) is 53.3 Å². The molecule has 402 valence electrons. The van der Waals surface area contributed by atoms with E-state index in [1.165, 1.54) is 18.2 Å². The maximum atomic E-state index is 12.9. The SMILES string of the molecule is COCCC1(CCOC)C=C(C)c2cc3c(cc2N1CCCS(=O)(=O)O)OC(c1ccccc1)=C\C3=C/C=C/C=C/C1=[N+](CCCS(=O)(=O)O)c2ccc(S(=O)(=O)O)cc2C1(C)CCCC(=O)ON1C(=O)CCC1=O. The lowest BCUT2D eigenvalue weighted by Gasteiger charge is -2.48. The van der Waals surface area contributed by atoms with Crippen molar-refractivity contribution in [1.82, 2.24) is 5.06 Å². The van der Waals surface area contributed by atoms with Gasteiger partial charge in [-0.15, -0.1) is 5.06 Å². The molecule has 3 aromatic rings. The van der Waals surface area contributed by atoms with Gasteiger partial charge in [-0.1, -0.05) is 60.7 Å². The Bertz CT molecular complexity index is 3230. The summed E-state index contributed by atoms with van der Waals surface area (Å²) in [6.07, 6.45) is 14.3. The lowest BCUT2D eigenvalue weighted by molar-refractivity contribution is -0.437. The van der Waals surface area contributed by atoms with Crippen LogP contribution in [0.2, 0.25) is 0 Å². The smallest absolute Gasteiger partial charge is 0.333 e. The van der Waals surface area contributed by atoms with Crippen LogP contribution >= 0.6 is 0 Å². The highest BCUT2D eigenvalue weighted by molar-refractivity contribution is 7.86. The highest BCUT2D eigenvalue weighted by Gasteiger charge is 2.48. The summed E-state index contributed by atoms with van der Waals surface area (Å²) in [5, 5.41) is 0.460. The first-order valence-corrected chi connectivity index (χ1v) is 29.0. The molecule has 0 saturated carbocycles. The molecular formula is C53H62N3O16S3+. The Balaban J connectivity index is 1.28. The Morgan fingerprint density at radius 2 is 1.48 bits per heavy atom. The Morgan fingerprint density at radius 1 is 0.813 bits per heavy atom. The number of hydrogen-bond donors (Lipinski definition) is 3. The number of nitrogens with zero attached hydrogens (tertiary/aromatic N) is 3. The minimum atomic E-state index is -4.69.